The largest absolute Gasteiger partial charge is 0.368 e. The maximum atomic E-state index is 12.3. The fourth-order valence-corrected chi connectivity index (χ4v) is 3.40. The number of ketones is 1. The first-order valence-electron chi connectivity index (χ1n) is 7.28. The molecule has 3 heteroatoms. The number of nitrogens with zero attached hydrogens (tertiary/aromatic N) is 1. The van der Waals surface area contributed by atoms with Crippen molar-refractivity contribution in [3.63, 3.8) is 0 Å². The summed E-state index contributed by atoms with van der Waals surface area (Å²) in [6.07, 6.45) is 1.62. The summed E-state index contributed by atoms with van der Waals surface area (Å²) in [6, 6.07) is 16.6. The summed E-state index contributed by atoms with van der Waals surface area (Å²) in [5.74, 6) is 0.202. The Morgan fingerprint density at radius 3 is 2.86 bits per heavy atom. The normalized spacial score (nSPS) is 16.9. The number of rotatable bonds is 4. The Balaban J connectivity index is 1.69. The van der Waals surface area contributed by atoms with Crippen LogP contribution in [0.2, 0.25) is 0 Å². The Morgan fingerprint density at radius 1 is 1.24 bits per heavy atom. The van der Waals surface area contributed by atoms with Crippen molar-refractivity contribution in [1.82, 2.24) is 0 Å². The predicted octanol–water partition coefficient (Wildman–Crippen LogP) is 4.47. The topological polar surface area (TPSA) is 20.3 Å². The van der Waals surface area contributed by atoms with Crippen LogP contribution in [-0.4, -0.2) is 18.4 Å². The van der Waals surface area contributed by atoms with E-state index >= 15 is 0 Å². The minimum Gasteiger partial charge on any atom is -0.368 e. The molecule has 108 valence electrons. The Bertz CT molecular complexity index is 668. The molecule has 0 fully saturated rings. The number of halogens is 1. The van der Waals surface area contributed by atoms with Crippen molar-refractivity contribution in [2.24, 2.45) is 0 Å². The molecule has 0 N–H and O–H groups in total. The molecular formula is C18H18BrNO. The molecule has 0 saturated carbocycles. The number of fused-ring (bicyclic) bond motifs is 1. The van der Waals surface area contributed by atoms with Crippen molar-refractivity contribution < 1.29 is 4.79 Å². The minimum atomic E-state index is 0.202. The van der Waals surface area contributed by atoms with Gasteiger partial charge in [-0.15, -0.1) is 0 Å². The van der Waals surface area contributed by atoms with Gasteiger partial charge in [0.2, 0.25) is 0 Å². The monoisotopic (exact) mass is 343 g/mol. The quantitative estimate of drug-likeness (QED) is 0.763. The van der Waals surface area contributed by atoms with E-state index in [2.05, 4.69) is 52.0 Å². The van der Waals surface area contributed by atoms with Gasteiger partial charge in [0.1, 0.15) is 0 Å². The van der Waals surface area contributed by atoms with Crippen molar-refractivity contribution in [2.75, 3.05) is 11.4 Å². The van der Waals surface area contributed by atoms with Crippen LogP contribution in [0.1, 0.15) is 29.3 Å². The summed E-state index contributed by atoms with van der Waals surface area (Å²) in [5.41, 5.74) is 3.46. The maximum Gasteiger partial charge on any atom is 0.164 e. The van der Waals surface area contributed by atoms with Gasteiger partial charge >= 0.3 is 0 Å². The van der Waals surface area contributed by atoms with E-state index in [4.69, 9.17) is 0 Å². The average Bonchev–Trinajstić information content (AvgIpc) is 2.80. The molecule has 1 heterocycles. The minimum absolute atomic E-state index is 0.202. The van der Waals surface area contributed by atoms with Gasteiger partial charge in [-0.2, -0.15) is 0 Å². The van der Waals surface area contributed by atoms with E-state index in [9.17, 15) is 4.79 Å². The average molecular weight is 344 g/mol. The van der Waals surface area contributed by atoms with Crippen LogP contribution in [0, 0.1) is 0 Å². The molecule has 1 aliphatic rings. The van der Waals surface area contributed by atoms with Crippen molar-refractivity contribution in [3.05, 3.63) is 64.1 Å². The van der Waals surface area contributed by atoms with Crippen LogP contribution in [0.3, 0.4) is 0 Å². The molecule has 1 unspecified atom stereocenters. The van der Waals surface area contributed by atoms with E-state index < -0.39 is 0 Å². The Kier molecular flexibility index (Phi) is 4.11. The van der Waals surface area contributed by atoms with Crippen molar-refractivity contribution in [3.8, 4) is 0 Å². The van der Waals surface area contributed by atoms with Gasteiger partial charge in [0.15, 0.2) is 5.78 Å². The first kappa shape index (κ1) is 14.3. The highest BCUT2D eigenvalue weighted by Crippen LogP contribution is 2.31. The summed E-state index contributed by atoms with van der Waals surface area (Å²) in [4.78, 5) is 14.7. The smallest absolute Gasteiger partial charge is 0.164 e. The molecule has 2 nitrogen and oxygen atoms in total. The lowest BCUT2D eigenvalue weighted by molar-refractivity contribution is 0.0984. The highest BCUT2D eigenvalue weighted by atomic mass is 79.9. The molecule has 0 aliphatic carbocycles. The van der Waals surface area contributed by atoms with Crippen molar-refractivity contribution >= 4 is 27.4 Å². The molecule has 0 spiro atoms. The molecule has 1 atom stereocenters. The van der Waals surface area contributed by atoms with Gasteiger partial charge in [-0.25, -0.2) is 0 Å². The number of hydrogen-bond donors (Lipinski definition) is 0. The first-order valence-corrected chi connectivity index (χ1v) is 8.08. The molecular weight excluding hydrogens is 326 g/mol. The van der Waals surface area contributed by atoms with Gasteiger partial charge in [0.25, 0.3) is 0 Å². The second-order valence-electron chi connectivity index (χ2n) is 5.56. The van der Waals surface area contributed by atoms with Crippen LogP contribution >= 0.6 is 15.9 Å². The standard InChI is InChI=1S/C18H18BrNO/c1-13-11-14-5-2-3-8-17(14)20(13)10-9-18(21)15-6-4-7-16(19)12-15/h2-8,12-13H,9-11H2,1H3. The third-order valence-corrected chi connectivity index (χ3v) is 4.57. The SMILES string of the molecule is CC1Cc2ccccc2N1CCC(=O)c1cccc(Br)c1. The van der Waals surface area contributed by atoms with E-state index in [1.807, 2.05) is 24.3 Å². The zero-order chi connectivity index (χ0) is 14.8. The molecule has 0 amide bonds. The Labute approximate surface area is 133 Å². The van der Waals surface area contributed by atoms with E-state index in [-0.39, 0.29) is 5.78 Å². The number of Topliss-reactive ketones (excluding diaryl/α,β-unsaturated/α-hetero) is 1. The van der Waals surface area contributed by atoms with Crippen LogP contribution in [0.5, 0.6) is 0 Å². The second kappa shape index (κ2) is 6.02. The van der Waals surface area contributed by atoms with E-state index in [0.29, 0.717) is 12.5 Å². The number of hydrogen-bond acceptors (Lipinski definition) is 2. The number of para-hydroxylation sites is 1. The molecule has 3 rings (SSSR count). The van der Waals surface area contributed by atoms with E-state index in [0.717, 1.165) is 23.0 Å². The molecule has 1 aliphatic heterocycles. The summed E-state index contributed by atoms with van der Waals surface area (Å²) >= 11 is 3.42. The molecule has 0 radical (unpaired) electrons. The summed E-state index contributed by atoms with van der Waals surface area (Å²) in [6.45, 7) is 3.01. The van der Waals surface area contributed by atoms with Gasteiger partial charge in [-0.1, -0.05) is 46.3 Å². The number of carbonyl (C=O) groups is 1. The number of benzene rings is 2. The van der Waals surface area contributed by atoms with Crippen molar-refractivity contribution in [1.29, 1.82) is 0 Å². The van der Waals surface area contributed by atoms with Gasteiger partial charge in [0.05, 0.1) is 0 Å². The predicted molar refractivity (Wildman–Crippen MR) is 90.0 cm³/mol. The molecule has 0 bridgehead atoms. The fourth-order valence-electron chi connectivity index (χ4n) is 3.00. The van der Waals surface area contributed by atoms with E-state index in [1.165, 1.54) is 11.3 Å². The highest BCUT2D eigenvalue weighted by molar-refractivity contribution is 9.10. The lowest BCUT2D eigenvalue weighted by Crippen LogP contribution is -2.31. The van der Waals surface area contributed by atoms with Gasteiger partial charge in [-0.3, -0.25) is 4.79 Å². The van der Waals surface area contributed by atoms with Crippen LogP contribution in [-0.2, 0) is 6.42 Å². The summed E-state index contributed by atoms with van der Waals surface area (Å²) in [7, 11) is 0. The van der Waals surface area contributed by atoms with Crippen molar-refractivity contribution in [2.45, 2.75) is 25.8 Å². The highest BCUT2D eigenvalue weighted by Gasteiger charge is 2.25. The molecule has 2 aromatic carbocycles. The first-order chi connectivity index (χ1) is 10.1. The van der Waals surface area contributed by atoms with Gasteiger partial charge in [-0.05, 0) is 37.1 Å². The third kappa shape index (κ3) is 3.03. The van der Waals surface area contributed by atoms with Crippen LogP contribution in [0.4, 0.5) is 5.69 Å². The zero-order valence-corrected chi connectivity index (χ0v) is 13.6. The zero-order valence-electron chi connectivity index (χ0n) is 12.1. The molecule has 21 heavy (non-hydrogen) atoms. The lowest BCUT2D eigenvalue weighted by atomic mass is 10.1. The van der Waals surface area contributed by atoms with Gasteiger partial charge in [0, 0.05) is 34.7 Å². The second-order valence-corrected chi connectivity index (χ2v) is 6.47. The number of anilines is 1. The fraction of sp³-hybridized carbons (Fsp3) is 0.278. The van der Waals surface area contributed by atoms with Crippen LogP contribution < -0.4 is 4.90 Å². The molecule has 2 aromatic rings. The Hall–Kier alpha value is -1.61. The molecule has 0 aromatic heterocycles. The third-order valence-electron chi connectivity index (χ3n) is 4.07. The number of carbonyl (C=O) groups excluding carboxylic acids is 1. The van der Waals surface area contributed by atoms with Crippen LogP contribution in [0.15, 0.2) is 53.0 Å². The summed E-state index contributed by atoms with van der Waals surface area (Å²) in [5, 5.41) is 0. The Morgan fingerprint density at radius 2 is 2.05 bits per heavy atom. The maximum absolute atomic E-state index is 12.3. The summed E-state index contributed by atoms with van der Waals surface area (Å²) < 4.78 is 0.952. The van der Waals surface area contributed by atoms with Gasteiger partial charge < -0.3 is 4.90 Å². The van der Waals surface area contributed by atoms with E-state index in [1.54, 1.807) is 0 Å². The molecule has 0 saturated heterocycles. The van der Waals surface area contributed by atoms with Crippen LogP contribution in [0.25, 0.3) is 0 Å². The lowest BCUT2D eigenvalue weighted by Gasteiger charge is -2.24.